The molecule has 2 unspecified atom stereocenters. The number of hydrogen-bond donors (Lipinski definition) is 3. The smallest absolute Gasteiger partial charge is 0.317 e. The van der Waals surface area contributed by atoms with Gasteiger partial charge >= 0.3 is 17.9 Å². The van der Waals surface area contributed by atoms with Crippen LogP contribution in [0.1, 0.15) is 51.7 Å². The van der Waals surface area contributed by atoms with Crippen molar-refractivity contribution in [2.75, 3.05) is 14.2 Å². The maximum Gasteiger partial charge on any atom is 0.317 e. The fraction of sp³-hybridized carbons (Fsp3) is 0.325. The summed E-state index contributed by atoms with van der Waals surface area (Å²) in [5.41, 5.74) is 6.87. The van der Waals surface area contributed by atoms with E-state index in [1.807, 2.05) is 45.1 Å². The highest BCUT2D eigenvalue weighted by atomic mass is 16.5. The number of carbonyl (C=O) groups is 3. The number of aliphatic imine (C=N–C) groups is 2. The highest BCUT2D eigenvalue weighted by Crippen LogP contribution is 2.52. The van der Waals surface area contributed by atoms with Gasteiger partial charge in [0.05, 0.1) is 53.8 Å². The Balaban J connectivity index is 1.68. The number of allylic oxidation sites excluding steroid dienone is 7. The summed E-state index contributed by atoms with van der Waals surface area (Å²) in [6.45, 7) is 17.0. The van der Waals surface area contributed by atoms with Crippen LogP contribution in [0.15, 0.2) is 98.7 Å². The first-order chi connectivity index (χ1) is 24.2. The third-order valence-electron chi connectivity index (χ3n) is 10.5. The van der Waals surface area contributed by atoms with E-state index in [4.69, 9.17) is 24.2 Å². The number of aromatic amines is 1. The van der Waals surface area contributed by atoms with Crippen molar-refractivity contribution < 1.29 is 33.7 Å². The number of nitrogens with zero attached hydrogens (tertiary/aromatic N) is 2. The molecule has 5 heterocycles. The van der Waals surface area contributed by atoms with Gasteiger partial charge in [0.1, 0.15) is 17.4 Å². The number of esters is 3. The Labute approximate surface area is 296 Å². The van der Waals surface area contributed by atoms with E-state index in [1.165, 1.54) is 21.1 Å². The van der Waals surface area contributed by atoms with E-state index >= 15 is 0 Å². The van der Waals surface area contributed by atoms with Gasteiger partial charge in [-0.1, -0.05) is 32.2 Å². The molecule has 5 aliphatic rings. The number of H-pyrrole nitrogens is 1. The minimum atomic E-state index is -1.14. The summed E-state index contributed by atoms with van der Waals surface area (Å²) >= 11 is 0. The monoisotopic (exact) mass is 690 g/mol. The van der Waals surface area contributed by atoms with Crippen LogP contribution in [-0.4, -0.2) is 59.7 Å². The summed E-state index contributed by atoms with van der Waals surface area (Å²) in [5.74, 6) is -2.53. The molecule has 0 fully saturated rings. The number of aliphatic hydroxyl groups is 1. The Morgan fingerprint density at radius 2 is 1.80 bits per heavy atom. The second-order valence-electron chi connectivity index (χ2n) is 13.4. The molecule has 0 aromatic carbocycles. The third kappa shape index (κ3) is 5.86. The maximum absolute atomic E-state index is 13.6. The van der Waals surface area contributed by atoms with Gasteiger partial charge in [-0.25, -0.2) is 4.99 Å². The van der Waals surface area contributed by atoms with Gasteiger partial charge in [0.25, 0.3) is 0 Å². The molecule has 1 aromatic rings. The van der Waals surface area contributed by atoms with E-state index in [0.717, 1.165) is 33.7 Å². The van der Waals surface area contributed by atoms with Gasteiger partial charge in [-0.3, -0.25) is 19.4 Å². The number of methoxy groups -OCH3 is 2. The number of ether oxygens (including phenoxy) is 3. The molecular formula is C40H42N4O7. The van der Waals surface area contributed by atoms with E-state index in [2.05, 4.69) is 36.5 Å². The van der Waals surface area contributed by atoms with Gasteiger partial charge in [-0.2, -0.15) is 0 Å². The lowest BCUT2D eigenvalue weighted by Gasteiger charge is -2.37. The lowest BCUT2D eigenvalue weighted by Crippen LogP contribution is -2.43. The highest BCUT2D eigenvalue weighted by molar-refractivity contribution is 6.21. The zero-order chi connectivity index (χ0) is 36.9. The fourth-order valence-corrected chi connectivity index (χ4v) is 7.69. The van der Waals surface area contributed by atoms with Crippen molar-refractivity contribution in [1.29, 1.82) is 0 Å². The Kier molecular flexibility index (Phi) is 9.09. The molecule has 0 radical (unpaired) electrons. The molecule has 4 aliphatic heterocycles. The van der Waals surface area contributed by atoms with Crippen LogP contribution < -0.4 is 16.0 Å². The number of carbonyl (C=O) groups excluding carboxylic acids is 3. The van der Waals surface area contributed by atoms with Crippen LogP contribution in [0.4, 0.5) is 0 Å². The van der Waals surface area contributed by atoms with Gasteiger partial charge in [0.15, 0.2) is 0 Å². The van der Waals surface area contributed by atoms with E-state index in [1.54, 1.807) is 12.2 Å². The number of aliphatic hydroxyl groups excluding tert-OH is 1. The zero-order valence-corrected chi connectivity index (χ0v) is 29.9. The van der Waals surface area contributed by atoms with Crippen molar-refractivity contribution in [3.8, 4) is 0 Å². The predicted molar refractivity (Wildman–Crippen MR) is 195 cm³/mol. The Morgan fingerprint density at radius 1 is 1.06 bits per heavy atom. The van der Waals surface area contributed by atoms with Gasteiger partial charge in [0, 0.05) is 41.4 Å². The van der Waals surface area contributed by atoms with Crippen LogP contribution in [0.3, 0.4) is 0 Å². The van der Waals surface area contributed by atoms with Crippen molar-refractivity contribution in [3.05, 3.63) is 111 Å². The SMILES string of the molecule is C=CC1=C(C)C2=NC/1=C\C1NC(=C(CCC(=O)OC)C1C)/C=c1\[nH]/c(c(C)c1C(=C)O)=C\C1=NC(=C\2)/C2=CC=C(OC(C)=O)[C@@H](C(=O)OC)[C@]21C. The topological polar surface area (TPSA) is 152 Å². The average Bonchev–Trinajstić information content (AvgIpc) is 3.74. The average molecular weight is 691 g/mol. The molecule has 4 atom stereocenters. The molecule has 11 nitrogen and oxygen atoms in total. The molecule has 1 aliphatic carbocycles. The molecule has 3 N–H and O–H groups in total. The molecule has 0 saturated carbocycles. The predicted octanol–water partition coefficient (Wildman–Crippen LogP) is 4.60. The summed E-state index contributed by atoms with van der Waals surface area (Å²) in [6.07, 6.45) is 13.6. The second-order valence-corrected chi connectivity index (χ2v) is 13.4. The normalized spacial score (nSPS) is 28.1. The van der Waals surface area contributed by atoms with Crippen LogP contribution in [0.25, 0.3) is 17.9 Å². The van der Waals surface area contributed by atoms with Crippen molar-refractivity contribution in [2.24, 2.45) is 27.2 Å². The van der Waals surface area contributed by atoms with E-state index in [9.17, 15) is 19.5 Å². The first-order valence-electron chi connectivity index (χ1n) is 16.7. The number of fused-ring (bicyclic) bond motifs is 9. The Bertz CT molecular complexity index is 2200. The molecule has 11 heteroatoms. The molecule has 6 rings (SSSR count). The first-order valence-corrected chi connectivity index (χ1v) is 16.7. The fourth-order valence-electron chi connectivity index (χ4n) is 7.69. The molecule has 264 valence electrons. The van der Waals surface area contributed by atoms with E-state index < -0.39 is 23.3 Å². The van der Waals surface area contributed by atoms with Crippen molar-refractivity contribution in [2.45, 2.75) is 53.5 Å². The Morgan fingerprint density at radius 3 is 2.45 bits per heavy atom. The van der Waals surface area contributed by atoms with Gasteiger partial charge in [-0.15, -0.1) is 0 Å². The largest absolute Gasteiger partial charge is 0.508 e. The van der Waals surface area contributed by atoms with E-state index in [0.29, 0.717) is 45.4 Å². The van der Waals surface area contributed by atoms with Crippen LogP contribution in [-0.2, 0) is 28.6 Å². The van der Waals surface area contributed by atoms with Crippen LogP contribution in [0.2, 0.25) is 0 Å². The summed E-state index contributed by atoms with van der Waals surface area (Å²) in [7, 11) is 2.67. The lowest BCUT2D eigenvalue weighted by atomic mass is 9.65. The molecule has 0 spiro atoms. The summed E-state index contributed by atoms with van der Waals surface area (Å²) in [5, 5.41) is 15.7. The molecule has 1 aromatic heterocycles. The van der Waals surface area contributed by atoms with Crippen molar-refractivity contribution in [3.63, 3.8) is 0 Å². The molecule has 8 bridgehead atoms. The van der Waals surface area contributed by atoms with Crippen molar-refractivity contribution >= 4 is 47.2 Å². The van der Waals surface area contributed by atoms with Crippen molar-refractivity contribution in [1.82, 2.24) is 10.3 Å². The number of hydrogen-bond acceptors (Lipinski definition) is 10. The summed E-state index contributed by atoms with van der Waals surface area (Å²) < 4.78 is 15.8. The summed E-state index contributed by atoms with van der Waals surface area (Å²) in [6, 6.07) is -0.181. The quantitative estimate of drug-likeness (QED) is 0.213. The van der Waals surface area contributed by atoms with Gasteiger partial charge in [0.2, 0.25) is 0 Å². The minimum absolute atomic E-state index is 0.0148. The third-order valence-corrected chi connectivity index (χ3v) is 10.5. The van der Waals surface area contributed by atoms with Crippen LogP contribution in [0.5, 0.6) is 0 Å². The molecular weight excluding hydrogens is 648 g/mol. The molecule has 51 heavy (non-hydrogen) atoms. The number of nitrogens with one attached hydrogen (secondary N) is 2. The summed E-state index contributed by atoms with van der Waals surface area (Å²) in [4.78, 5) is 51.7. The van der Waals surface area contributed by atoms with Crippen LogP contribution in [0, 0.1) is 24.2 Å². The standard InChI is InChI=1S/C40H42N4O7/c1-10-24-19(2)28-16-32-26-12-13-34(51-23(6)46)38(39(48)50-9)40(26,7)35(44-32)18-29-21(4)37(22(5)45)33(43-29)17-31-25(11-14-36(47)49-8)20(3)27(42-31)15-30(24)41-28/h10,12-13,15-18,20,27,38,42-43,45H,1,5,11,14H2,2-4,6-9H3/b29-18-,30-15-,32-16-,33-17-/t20?,27?,38-,40+/m0/s1. The number of aromatic nitrogens is 1. The van der Waals surface area contributed by atoms with Crippen LogP contribution >= 0.6 is 0 Å². The van der Waals surface area contributed by atoms with Gasteiger partial charge in [-0.05, 0) is 79.9 Å². The highest BCUT2D eigenvalue weighted by Gasteiger charge is 2.54. The molecule has 0 saturated heterocycles. The second kappa shape index (κ2) is 13.2. The number of rotatable bonds is 7. The molecule has 0 amide bonds. The van der Waals surface area contributed by atoms with E-state index in [-0.39, 0.29) is 35.9 Å². The first kappa shape index (κ1) is 35.1. The van der Waals surface area contributed by atoms with Gasteiger partial charge < -0.3 is 29.6 Å². The zero-order valence-electron chi connectivity index (χ0n) is 29.9. The lowest BCUT2D eigenvalue weighted by molar-refractivity contribution is -0.149. The minimum Gasteiger partial charge on any atom is -0.508 e. The maximum atomic E-state index is 13.6. The Hall–Kier alpha value is -5.71.